The number of carbonyl (C=O) groups is 1. The minimum absolute atomic E-state index is 0.0194. The second kappa shape index (κ2) is 5.77. The predicted molar refractivity (Wildman–Crippen MR) is 70.7 cm³/mol. The van der Waals surface area contributed by atoms with Crippen molar-refractivity contribution in [3.05, 3.63) is 0 Å². The average molecular weight is 268 g/mol. The van der Waals surface area contributed by atoms with Crippen LogP contribution in [0.4, 0.5) is 0 Å². The Balaban J connectivity index is 1.41. The molecule has 3 N–H and O–H groups in total. The van der Waals surface area contributed by atoms with Gasteiger partial charge in [0.2, 0.25) is 5.91 Å². The van der Waals surface area contributed by atoms with Crippen LogP contribution in [0.5, 0.6) is 0 Å². The van der Waals surface area contributed by atoms with Crippen LogP contribution in [-0.4, -0.2) is 48.5 Å². The second-order valence-electron chi connectivity index (χ2n) is 6.14. The van der Waals surface area contributed by atoms with Gasteiger partial charge in [-0.3, -0.25) is 4.79 Å². The van der Waals surface area contributed by atoms with Crippen molar-refractivity contribution in [1.82, 2.24) is 10.6 Å². The van der Waals surface area contributed by atoms with Gasteiger partial charge in [-0.1, -0.05) is 12.8 Å². The van der Waals surface area contributed by atoms with Gasteiger partial charge in [-0.15, -0.1) is 0 Å². The summed E-state index contributed by atoms with van der Waals surface area (Å²) >= 11 is 0. The lowest BCUT2D eigenvalue weighted by molar-refractivity contribution is -0.123. The number of nitrogens with one attached hydrogen (secondary N) is 2. The van der Waals surface area contributed by atoms with E-state index in [9.17, 15) is 9.90 Å². The van der Waals surface area contributed by atoms with E-state index in [-0.39, 0.29) is 24.0 Å². The van der Waals surface area contributed by atoms with Gasteiger partial charge in [0.25, 0.3) is 0 Å². The van der Waals surface area contributed by atoms with Gasteiger partial charge >= 0.3 is 0 Å². The van der Waals surface area contributed by atoms with Gasteiger partial charge in [-0.2, -0.15) is 0 Å². The van der Waals surface area contributed by atoms with Crippen LogP contribution in [0.2, 0.25) is 0 Å². The third-order valence-corrected chi connectivity index (χ3v) is 4.51. The predicted octanol–water partition coefficient (Wildman–Crippen LogP) is 0.173. The first-order valence-corrected chi connectivity index (χ1v) is 7.57. The van der Waals surface area contributed by atoms with Crippen LogP contribution in [0.15, 0.2) is 0 Å². The van der Waals surface area contributed by atoms with E-state index >= 15 is 0 Å². The molecule has 108 valence electrons. The highest BCUT2D eigenvalue weighted by atomic mass is 16.5. The van der Waals surface area contributed by atoms with Crippen LogP contribution >= 0.6 is 0 Å². The topological polar surface area (TPSA) is 70.6 Å². The minimum atomic E-state index is -0.514. The molecule has 1 aliphatic heterocycles. The largest absolute Gasteiger partial charge is 0.389 e. The highest BCUT2D eigenvalue weighted by Crippen LogP contribution is 2.29. The Morgan fingerprint density at radius 3 is 2.63 bits per heavy atom. The molecular weight excluding hydrogens is 244 g/mol. The SMILES string of the molecule is O=C(NC[C@H]1OC[C@@H](NC2CCCC2)[C@@H]1O)C1CC1. The highest BCUT2D eigenvalue weighted by Gasteiger charge is 2.38. The molecule has 0 aromatic carbocycles. The van der Waals surface area contributed by atoms with Crippen molar-refractivity contribution in [3.63, 3.8) is 0 Å². The number of aliphatic hydroxyl groups excluding tert-OH is 1. The van der Waals surface area contributed by atoms with Crippen LogP contribution in [0, 0.1) is 5.92 Å². The lowest BCUT2D eigenvalue weighted by Crippen LogP contribution is -2.47. The van der Waals surface area contributed by atoms with E-state index < -0.39 is 6.10 Å². The molecule has 1 amide bonds. The molecule has 0 bridgehead atoms. The summed E-state index contributed by atoms with van der Waals surface area (Å²) in [5, 5.41) is 16.6. The molecule has 1 heterocycles. The Labute approximate surface area is 114 Å². The zero-order chi connectivity index (χ0) is 13.2. The number of carbonyl (C=O) groups excluding carboxylic acids is 1. The first-order valence-electron chi connectivity index (χ1n) is 7.57. The number of amides is 1. The quantitative estimate of drug-likeness (QED) is 0.665. The van der Waals surface area contributed by atoms with Crippen molar-refractivity contribution in [3.8, 4) is 0 Å². The third-order valence-electron chi connectivity index (χ3n) is 4.51. The Kier molecular flexibility index (Phi) is 4.05. The fourth-order valence-corrected chi connectivity index (χ4v) is 3.10. The molecule has 3 atom stereocenters. The van der Waals surface area contributed by atoms with E-state index in [4.69, 9.17) is 4.74 Å². The summed E-state index contributed by atoms with van der Waals surface area (Å²) in [5.74, 6) is 0.328. The molecule has 2 saturated carbocycles. The van der Waals surface area contributed by atoms with Gasteiger partial charge in [0.15, 0.2) is 0 Å². The third kappa shape index (κ3) is 3.27. The van der Waals surface area contributed by atoms with Gasteiger partial charge in [-0.05, 0) is 25.7 Å². The van der Waals surface area contributed by atoms with Crippen LogP contribution in [0.25, 0.3) is 0 Å². The highest BCUT2D eigenvalue weighted by molar-refractivity contribution is 5.80. The molecule has 3 aliphatic rings. The molecule has 0 aromatic rings. The number of aliphatic hydroxyl groups is 1. The van der Waals surface area contributed by atoms with E-state index in [1.54, 1.807) is 0 Å². The van der Waals surface area contributed by atoms with Gasteiger partial charge < -0.3 is 20.5 Å². The van der Waals surface area contributed by atoms with Gasteiger partial charge in [0.05, 0.1) is 18.8 Å². The molecule has 0 spiro atoms. The first-order chi connectivity index (χ1) is 9.24. The summed E-state index contributed by atoms with van der Waals surface area (Å²) in [6.45, 7) is 0.973. The summed E-state index contributed by atoms with van der Waals surface area (Å²) in [5.41, 5.74) is 0. The van der Waals surface area contributed by atoms with E-state index in [1.165, 1.54) is 25.7 Å². The molecular formula is C14H24N2O3. The lowest BCUT2D eigenvalue weighted by atomic mass is 10.1. The van der Waals surface area contributed by atoms with E-state index in [0.717, 1.165) is 12.8 Å². The normalized spacial score (nSPS) is 35.7. The maximum atomic E-state index is 11.6. The number of hydrogen-bond donors (Lipinski definition) is 3. The van der Waals surface area contributed by atoms with Crippen LogP contribution < -0.4 is 10.6 Å². The summed E-state index contributed by atoms with van der Waals surface area (Å²) in [6, 6.07) is 0.550. The van der Waals surface area contributed by atoms with Crippen LogP contribution in [0.1, 0.15) is 38.5 Å². The van der Waals surface area contributed by atoms with E-state index in [1.807, 2.05) is 0 Å². The fraction of sp³-hybridized carbons (Fsp3) is 0.929. The van der Waals surface area contributed by atoms with Crippen molar-refractivity contribution in [2.45, 2.75) is 62.8 Å². The maximum absolute atomic E-state index is 11.6. The molecule has 5 nitrogen and oxygen atoms in total. The molecule has 0 unspecified atom stereocenters. The maximum Gasteiger partial charge on any atom is 0.223 e. The van der Waals surface area contributed by atoms with E-state index in [2.05, 4.69) is 10.6 Å². The van der Waals surface area contributed by atoms with Crippen LogP contribution in [-0.2, 0) is 9.53 Å². The van der Waals surface area contributed by atoms with Gasteiger partial charge in [-0.25, -0.2) is 0 Å². The van der Waals surface area contributed by atoms with Gasteiger partial charge in [0, 0.05) is 18.5 Å². The Morgan fingerprint density at radius 1 is 1.21 bits per heavy atom. The second-order valence-corrected chi connectivity index (χ2v) is 6.14. The molecule has 1 saturated heterocycles. The van der Waals surface area contributed by atoms with Gasteiger partial charge in [0.1, 0.15) is 6.10 Å². The molecule has 2 aliphatic carbocycles. The smallest absolute Gasteiger partial charge is 0.223 e. The number of hydrogen-bond acceptors (Lipinski definition) is 4. The molecule has 0 aromatic heterocycles. The molecule has 0 radical (unpaired) electrons. The standard InChI is InChI=1S/C14H24N2O3/c17-13-11(16-10-3-1-2-4-10)8-19-12(13)7-15-14(18)9-5-6-9/h9-13,16-17H,1-8H2,(H,15,18)/t11-,12-,13+/m1/s1. The lowest BCUT2D eigenvalue weighted by Gasteiger charge is -2.22. The number of ether oxygens (including phenoxy) is 1. The Morgan fingerprint density at radius 2 is 1.95 bits per heavy atom. The molecule has 19 heavy (non-hydrogen) atoms. The van der Waals surface area contributed by atoms with Crippen molar-refractivity contribution < 1.29 is 14.6 Å². The Bertz CT molecular complexity index is 327. The zero-order valence-corrected chi connectivity index (χ0v) is 11.3. The first kappa shape index (κ1) is 13.3. The fourth-order valence-electron chi connectivity index (χ4n) is 3.10. The van der Waals surface area contributed by atoms with Crippen molar-refractivity contribution in [2.24, 2.45) is 5.92 Å². The van der Waals surface area contributed by atoms with E-state index in [0.29, 0.717) is 19.2 Å². The summed E-state index contributed by atoms with van der Waals surface area (Å²) in [7, 11) is 0. The number of rotatable bonds is 5. The summed E-state index contributed by atoms with van der Waals surface area (Å²) in [6.07, 6.45) is 6.20. The summed E-state index contributed by atoms with van der Waals surface area (Å²) in [4.78, 5) is 11.6. The van der Waals surface area contributed by atoms with Crippen molar-refractivity contribution >= 4 is 5.91 Å². The molecule has 3 fully saturated rings. The monoisotopic (exact) mass is 268 g/mol. The minimum Gasteiger partial charge on any atom is -0.389 e. The van der Waals surface area contributed by atoms with Crippen molar-refractivity contribution in [1.29, 1.82) is 0 Å². The summed E-state index contributed by atoms with van der Waals surface area (Å²) < 4.78 is 5.61. The molecule has 5 heteroatoms. The molecule has 3 rings (SSSR count). The average Bonchev–Trinajstić information content (AvgIpc) is 3.04. The Hall–Kier alpha value is -0.650. The van der Waals surface area contributed by atoms with Crippen LogP contribution in [0.3, 0.4) is 0 Å². The zero-order valence-electron chi connectivity index (χ0n) is 11.3. The van der Waals surface area contributed by atoms with Crippen molar-refractivity contribution in [2.75, 3.05) is 13.2 Å².